The quantitative estimate of drug-likeness (QED) is 0.314. The number of nitrogens with zero attached hydrogens (tertiary/aromatic N) is 1. The molecule has 0 aromatic heterocycles. The van der Waals surface area contributed by atoms with E-state index in [0.717, 1.165) is 17.3 Å². The minimum atomic E-state index is -1.11. The van der Waals surface area contributed by atoms with Crippen LogP contribution in [0.25, 0.3) is 6.08 Å². The lowest BCUT2D eigenvalue weighted by molar-refractivity contribution is -0.121. The first-order valence-electron chi connectivity index (χ1n) is 9.76. The molecule has 1 aliphatic heterocycles. The molecule has 6 nitrogen and oxygen atoms in total. The van der Waals surface area contributed by atoms with Gasteiger partial charge in [0.2, 0.25) is 0 Å². The van der Waals surface area contributed by atoms with Gasteiger partial charge in [-0.15, -0.1) is 0 Å². The summed E-state index contributed by atoms with van der Waals surface area (Å²) >= 11 is 12.7. The second-order valence-corrected chi connectivity index (χ2v) is 8.98. The minimum Gasteiger partial charge on any atom is -0.488 e. The highest BCUT2D eigenvalue weighted by atomic mass is 35.5. The maximum atomic E-state index is 13.0. The molecule has 0 unspecified atom stereocenters. The number of thiocarbonyl (C=S) groups is 1. The number of benzene rings is 3. The third kappa shape index (κ3) is 5.19. The number of halogens is 1. The van der Waals surface area contributed by atoms with Crippen LogP contribution in [0.3, 0.4) is 0 Å². The van der Waals surface area contributed by atoms with E-state index in [1.54, 1.807) is 30.3 Å². The van der Waals surface area contributed by atoms with Gasteiger partial charge in [-0.2, -0.15) is 0 Å². The molecule has 0 radical (unpaired) electrons. The van der Waals surface area contributed by atoms with E-state index >= 15 is 0 Å². The van der Waals surface area contributed by atoms with Crippen LogP contribution in [-0.4, -0.2) is 26.3 Å². The Labute approximate surface area is 204 Å². The molecule has 2 N–H and O–H groups in total. The number of carbonyl (C=O) groups excluding carboxylic acids is 1. The third-order valence-electron chi connectivity index (χ3n) is 4.73. The molecule has 0 bridgehead atoms. The molecule has 3 aromatic rings. The third-order valence-corrected chi connectivity index (χ3v) is 6.40. The Morgan fingerprint density at radius 1 is 1.09 bits per heavy atom. The van der Waals surface area contributed by atoms with Gasteiger partial charge >= 0.3 is 5.97 Å². The predicted octanol–water partition coefficient (Wildman–Crippen LogP) is 5.85. The molecule has 4 rings (SSSR count). The molecule has 1 fully saturated rings. The number of aromatic carboxylic acids is 1. The predicted molar refractivity (Wildman–Crippen MR) is 134 cm³/mol. The summed E-state index contributed by atoms with van der Waals surface area (Å²) in [6, 6.07) is 21.1. The van der Waals surface area contributed by atoms with Gasteiger partial charge in [0.25, 0.3) is 5.91 Å². The van der Waals surface area contributed by atoms with Gasteiger partial charge in [0.1, 0.15) is 12.4 Å². The van der Waals surface area contributed by atoms with Gasteiger partial charge in [-0.05, 0) is 42.6 Å². The van der Waals surface area contributed by atoms with Crippen molar-refractivity contribution in [3.8, 4) is 5.75 Å². The molecule has 0 saturated carbocycles. The van der Waals surface area contributed by atoms with Gasteiger partial charge < -0.3 is 9.84 Å². The van der Waals surface area contributed by atoms with E-state index in [2.05, 4.69) is 5.43 Å². The van der Waals surface area contributed by atoms with E-state index in [4.69, 9.17) is 28.6 Å². The van der Waals surface area contributed by atoms with Crippen LogP contribution in [0.4, 0.5) is 5.69 Å². The van der Waals surface area contributed by atoms with Crippen molar-refractivity contribution in [3.63, 3.8) is 0 Å². The van der Waals surface area contributed by atoms with E-state index < -0.39 is 5.97 Å². The molecule has 0 spiro atoms. The average Bonchev–Trinajstić information content (AvgIpc) is 3.07. The lowest BCUT2D eigenvalue weighted by Gasteiger charge is -2.18. The molecule has 1 aliphatic rings. The number of ether oxygens (including phenoxy) is 1. The van der Waals surface area contributed by atoms with E-state index in [9.17, 15) is 14.7 Å². The number of hydrogen-bond donors (Lipinski definition) is 2. The van der Waals surface area contributed by atoms with Crippen molar-refractivity contribution in [2.75, 3.05) is 5.43 Å². The molecule has 1 amide bonds. The largest absolute Gasteiger partial charge is 0.488 e. The first kappa shape index (κ1) is 22.8. The molecule has 0 atom stereocenters. The number of rotatable bonds is 7. The Kier molecular flexibility index (Phi) is 6.98. The number of carboxylic acids is 1. The van der Waals surface area contributed by atoms with Crippen molar-refractivity contribution in [2.24, 2.45) is 0 Å². The topological polar surface area (TPSA) is 78.9 Å². The number of hydrazine groups is 1. The lowest BCUT2D eigenvalue weighted by Crippen LogP contribution is -2.34. The van der Waals surface area contributed by atoms with Crippen molar-refractivity contribution in [1.82, 2.24) is 5.01 Å². The maximum absolute atomic E-state index is 13.0. The van der Waals surface area contributed by atoms with Crippen LogP contribution in [0.1, 0.15) is 21.5 Å². The smallest absolute Gasteiger partial charge is 0.337 e. The fraction of sp³-hybridized carbons (Fsp3) is 0.0417. The van der Waals surface area contributed by atoms with Crippen LogP contribution in [0.2, 0.25) is 5.02 Å². The number of carbonyl (C=O) groups is 2. The van der Waals surface area contributed by atoms with Gasteiger partial charge in [0, 0.05) is 16.1 Å². The molecule has 9 heteroatoms. The Morgan fingerprint density at radius 3 is 2.58 bits per heavy atom. The summed E-state index contributed by atoms with van der Waals surface area (Å²) < 4.78 is 6.23. The van der Waals surface area contributed by atoms with Gasteiger partial charge in [-0.1, -0.05) is 71.9 Å². The van der Waals surface area contributed by atoms with Crippen molar-refractivity contribution in [1.29, 1.82) is 0 Å². The normalized spacial score (nSPS) is 14.6. The first-order chi connectivity index (χ1) is 15.9. The highest BCUT2D eigenvalue weighted by molar-refractivity contribution is 8.26. The summed E-state index contributed by atoms with van der Waals surface area (Å²) in [5.41, 5.74) is 4.69. The van der Waals surface area contributed by atoms with Crippen LogP contribution >= 0.6 is 35.6 Å². The summed E-state index contributed by atoms with van der Waals surface area (Å²) in [6.45, 7) is 0.277. The van der Waals surface area contributed by atoms with Crippen LogP contribution in [0.15, 0.2) is 77.7 Å². The number of para-hydroxylation sites is 2. The van der Waals surface area contributed by atoms with E-state index in [-0.39, 0.29) is 28.1 Å². The van der Waals surface area contributed by atoms with E-state index in [0.29, 0.717) is 21.2 Å². The number of anilines is 1. The van der Waals surface area contributed by atoms with Gasteiger partial charge in [0.15, 0.2) is 4.32 Å². The molecule has 1 heterocycles. The van der Waals surface area contributed by atoms with Crippen LogP contribution in [0.5, 0.6) is 5.75 Å². The molecule has 1 saturated heterocycles. The zero-order chi connectivity index (χ0) is 23.4. The number of thioether (sulfide) groups is 1. The van der Waals surface area contributed by atoms with Gasteiger partial charge in [-0.25, -0.2) is 9.80 Å². The monoisotopic (exact) mass is 496 g/mol. The second kappa shape index (κ2) is 10.1. The Hall–Kier alpha value is -3.33. The van der Waals surface area contributed by atoms with Crippen LogP contribution in [-0.2, 0) is 11.4 Å². The molecule has 166 valence electrons. The second-order valence-electron chi connectivity index (χ2n) is 6.90. The molecule has 0 aliphatic carbocycles. The Balaban J connectivity index is 1.55. The van der Waals surface area contributed by atoms with Crippen LogP contribution < -0.4 is 10.2 Å². The van der Waals surface area contributed by atoms with Crippen molar-refractivity contribution in [2.45, 2.75) is 6.61 Å². The summed E-state index contributed by atoms with van der Waals surface area (Å²) in [4.78, 5) is 24.9. The highest BCUT2D eigenvalue weighted by Gasteiger charge is 2.33. The summed E-state index contributed by atoms with van der Waals surface area (Å²) in [5.74, 6) is -0.901. The van der Waals surface area contributed by atoms with E-state index in [1.807, 2.05) is 42.5 Å². The fourth-order valence-corrected chi connectivity index (χ4v) is 4.46. The molecule has 3 aromatic carbocycles. The van der Waals surface area contributed by atoms with Gasteiger partial charge in [-0.3, -0.25) is 10.2 Å². The summed E-state index contributed by atoms with van der Waals surface area (Å²) in [5, 5.41) is 11.2. The van der Waals surface area contributed by atoms with Crippen molar-refractivity contribution < 1.29 is 19.4 Å². The zero-order valence-electron chi connectivity index (χ0n) is 17.0. The van der Waals surface area contributed by atoms with E-state index in [1.165, 1.54) is 11.1 Å². The Morgan fingerprint density at radius 2 is 1.79 bits per heavy atom. The molecule has 33 heavy (non-hydrogen) atoms. The highest BCUT2D eigenvalue weighted by Crippen LogP contribution is 2.35. The Bertz CT molecular complexity index is 1280. The molecular formula is C24H17ClN2O4S2. The van der Waals surface area contributed by atoms with Crippen molar-refractivity contribution >= 4 is 63.5 Å². The number of hydrogen-bond acceptors (Lipinski definition) is 6. The average molecular weight is 497 g/mol. The van der Waals surface area contributed by atoms with Crippen LogP contribution in [0, 0.1) is 0 Å². The summed E-state index contributed by atoms with van der Waals surface area (Å²) in [6.07, 6.45) is 1.70. The SMILES string of the molecule is O=C(O)c1ccccc1NN1C(=O)/C(=C\c2ccccc2OCc2ccccc2Cl)SC1=S. The fourth-order valence-electron chi connectivity index (χ4n) is 3.10. The molecular weight excluding hydrogens is 480 g/mol. The van der Waals surface area contributed by atoms with Gasteiger partial charge in [0.05, 0.1) is 16.2 Å². The first-order valence-corrected chi connectivity index (χ1v) is 11.4. The number of amides is 1. The zero-order valence-corrected chi connectivity index (χ0v) is 19.4. The lowest BCUT2D eigenvalue weighted by atomic mass is 10.1. The van der Waals surface area contributed by atoms with Crippen molar-refractivity contribution in [3.05, 3.63) is 99.4 Å². The number of nitrogens with one attached hydrogen (secondary N) is 1. The standard InChI is InChI=1S/C24H17ClN2O4S2/c25-18-10-4-1-8-16(18)14-31-20-12-6-2-7-15(20)13-21-22(28)27(24(32)33-21)26-19-11-5-3-9-17(19)23(29)30/h1-13,26H,14H2,(H,29,30)/b21-13+. The number of carboxylic acid groups (broad SMARTS) is 1. The summed E-state index contributed by atoms with van der Waals surface area (Å²) in [7, 11) is 0. The minimum absolute atomic E-state index is 0.0360. The maximum Gasteiger partial charge on any atom is 0.337 e.